The number of piperazine rings is 1. The van der Waals surface area contributed by atoms with Gasteiger partial charge in [0.1, 0.15) is 6.26 Å². The van der Waals surface area contributed by atoms with Crippen LogP contribution in [0.1, 0.15) is 12.8 Å². The SMILES string of the molecule is C[C@@H](O)CN1CCN(Cc2nc(-c3ccoc3)no2)CC1. The molecule has 3 heterocycles. The maximum absolute atomic E-state index is 9.40. The molecule has 1 fully saturated rings. The monoisotopic (exact) mass is 292 g/mol. The lowest BCUT2D eigenvalue weighted by molar-refractivity contribution is 0.0737. The number of nitrogens with zero attached hydrogens (tertiary/aromatic N) is 4. The number of rotatable bonds is 5. The average molecular weight is 292 g/mol. The highest BCUT2D eigenvalue weighted by molar-refractivity contribution is 5.51. The molecule has 21 heavy (non-hydrogen) atoms. The molecule has 0 aliphatic carbocycles. The number of furan rings is 1. The Balaban J connectivity index is 1.52. The number of aliphatic hydroxyl groups excluding tert-OH is 1. The van der Waals surface area contributed by atoms with Crippen molar-refractivity contribution in [2.24, 2.45) is 0 Å². The first kappa shape index (κ1) is 14.2. The number of aliphatic hydroxyl groups is 1. The minimum Gasteiger partial charge on any atom is -0.472 e. The first-order valence-electron chi connectivity index (χ1n) is 7.18. The van der Waals surface area contributed by atoms with Gasteiger partial charge < -0.3 is 14.0 Å². The summed E-state index contributed by atoms with van der Waals surface area (Å²) in [7, 11) is 0. The Bertz CT molecular complexity index is 544. The third-order valence-corrected chi connectivity index (χ3v) is 3.59. The van der Waals surface area contributed by atoms with E-state index in [9.17, 15) is 5.11 Å². The van der Waals surface area contributed by atoms with E-state index in [0.717, 1.165) is 38.3 Å². The second kappa shape index (κ2) is 6.38. The molecule has 0 radical (unpaired) electrons. The Kier molecular flexibility index (Phi) is 4.33. The van der Waals surface area contributed by atoms with Crippen molar-refractivity contribution in [3.05, 3.63) is 24.5 Å². The molecule has 2 aromatic heterocycles. The molecule has 0 aromatic carbocycles. The first-order valence-corrected chi connectivity index (χ1v) is 7.18. The molecule has 1 aliphatic rings. The van der Waals surface area contributed by atoms with E-state index >= 15 is 0 Å². The summed E-state index contributed by atoms with van der Waals surface area (Å²) >= 11 is 0. The molecule has 2 aromatic rings. The summed E-state index contributed by atoms with van der Waals surface area (Å²) in [5.41, 5.74) is 0.826. The molecule has 0 saturated carbocycles. The molecule has 1 atom stereocenters. The second-order valence-corrected chi connectivity index (χ2v) is 5.45. The van der Waals surface area contributed by atoms with Crippen LogP contribution in [-0.2, 0) is 6.54 Å². The van der Waals surface area contributed by atoms with E-state index in [-0.39, 0.29) is 6.10 Å². The summed E-state index contributed by atoms with van der Waals surface area (Å²) in [6, 6.07) is 1.81. The van der Waals surface area contributed by atoms with Crippen molar-refractivity contribution in [3.63, 3.8) is 0 Å². The van der Waals surface area contributed by atoms with Crippen LogP contribution in [0.3, 0.4) is 0 Å². The minimum atomic E-state index is -0.273. The Hall–Kier alpha value is -1.70. The standard InChI is InChI=1S/C14H20N4O3/c1-11(19)8-17-3-5-18(6-4-17)9-13-15-14(16-21-13)12-2-7-20-10-12/h2,7,10-11,19H,3-6,8-9H2,1H3/t11-/m1/s1. The summed E-state index contributed by atoms with van der Waals surface area (Å²) in [6.07, 6.45) is 2.92. The van der Waals surface area contributed by atoms with Crippen LogP contribution < -0.4 is 0 Å². The molecular weight excluding hydrogens is 272 g/mol. The van der Waals surface area contributed by atoms with E-state index in [1.165, 1.54) is 0 Å². The summed E-state index contributed by atoms with van der Waals surface area (Å²) in [5.74, 6) is 1.18. The van der Waals surface area contributed by atoms with Crippen molar-refractivity contribution >= 4 is 0 Å². The van der Waals surface area contributed by atoms with Gasteiger partial charge in [0, 0.05) is 32.7 Å². The molecule has 0 amide bonds. The van der Waals surface area contributed by atoms with Crippen LogP contribution >= 0.6 is 0 Å². The van der Waals surface area contributed by atoms with Crippen molar-refractivity contribution in [3.8, 4) is 11.4 Å². The fourth-order valence-electron chi connectivity index (χ4n) is 2.52. The first-order chi connectivity index (χ1) is 10.2. The summed E-state index contributed by atoms with van der Waals surface area (Å²) in [4.78, 5) is 8.93. The van der Waals surface area contributed by atoms with Crippen molar-refractivity contribution < 1.29 is 14.0 Å². The minimum absolute atomic E-state index is 0.273. The molecule has 0 spiro atoms. The van der Waals surface area contributed by atoms with Crippen LogP contribution in [0.5, 0.6) is 0 Å². The number of β-amino-alcohol motifs (C(OH)–C–C–N with tert-alkyl or cyclic N) is 1. The van der Waals surface area contributed by atoms with Gasteiger partial charge in [-0.3, -0.25) is 9.80 Å². The smallest absolute Gasteiger partial charge is 0.241 e. The van der Waals surface area contributed by atoms with Gasteiger partial charge in [-0.15, -0.1) is 0 Å². The highest BCUT2D eigenvalue weighted by Gasteiger charge is 2.20. The maximum atomic E-state index is 9.40. The van der Waals surface area contributed by atoms with Crippen LogP contribution in [0.15, 0.2) is 27.5 Å². The number of hydrogen-bond donors (Lipinski definition) is 1. The van der Waals surface area contributed by atoms with Gasteiger partial charge in [0.15, 0.2) is 0 Å². The van der Waals surface area contributed by atoms with Crippen molar-refractivity contribution in [2.75, 3.05) is 32.7 Å². The van der Waals surface area contributed by atoms with E-state index in [1.54, 1.807) is 12.5 Å². The van der Waals surface area contributed by atoms with Crippen molar-refractivity contribution in [2.45, 2.75) is 19.6 Å². The molecule has 7 heteroatoms. The zero-order valence-corrected chi connectivity index (χ0v) is 12.1. The summed E-state index contributed by atoms with van der Waals surface area (Å²) in [5, 5.41) is 13.4. The van der Waals surface area contributed by atoms with Gasteiger partial charge in [-0.05, 0) is 13.0 Å². The van der Waals surface area contributed by atoms with Gasteiger partial charge in [0.25, 0.3) is 0 Å². The third-order valence-electron chi connectivity index (χ3n) is 3.59. The van der Waals surface area contributed by atoms with Gasteiger partial charge in [0.2, 0.25) is 11.7 Å². The molecule has 114 valence electrons. The lowest BCUT2D eigenvalue weighted by Gasteiger charge is -2.34. The zero-order chi connectivity index (χ0) is 14.7. The Morgan fingerprint density at radius 1 is 1.29 bits per heavy atom. The third kappa shape index (κ3) is 3.69. The van der Waals surface area contributed by atoms with Crippen LogP contribution in [0.2, 0.25) is 0 Å². The van der Waals surface area contributed by atoms with E-state index in [2.05, 4.69) is 19.9 Å². The Labute approximate surface area is 123 Å². The normalized spacial score (nSPS) is 19.0. The Morgan fingerprint density at radius 2 is 2.05 bits per heavy atom. The molecular formula is C14H20N4O3. The van der Waals surface area contributed by atoms with E-state index in [1.807, 2.05) is 13.0 Å². The van der Waals surface area contributed by atoms with E-state index in [4.69, 9.17) is 8.94 Å². The summed E-state index contributed by atoms with van der Waals surface area (Å²) in [6.45, 7) is 7.00. The molecule has 7 nitrogen and oxygen atoms in total. The van der Waals surface area contributed by atoms with Gasteiger partial charge in [0.05, 0.1) is 24.5 Å². The van der Waals surface area contributed by atoms with Crippen molar-refractivity contribution in [1.29, 1.82) is 0 Å². The van der Waals surface area contributed by atoms with E-state index in [0.29, 0.717) is 18.3 Å². The maximum Gasteiger partial charge on any atom is 0.241 e. The highest BCUT2D eigenvalue weighted by atomic mass is 16.5. The number of aromatic nitrogens is 2. The largest absolute Gasteiger partial charge is 0.472 e. The fraction of sp³-hybridized carbons (Fsp3) is 0.571. The van der Waals surface area contributed by atoms with Crippen LogP contribution in [0.4, 0.5) is 0 Å². The Morgan fingerprint density at radius 3 is 2.71 bits per heavy atom. The molecule has 1 saturated heterocycles. The highest BCUT2D eigenvalue weighted by Crippen LogP contribution is 2.16. The van der Waals surface area contributed by atoms with Crippen molar-refractivity contribution in [1.82, 2.24) is 19.9 Å². The van der Waals surface area contributed by atoms with Gasteiger partial charge in [-0.1, -0.05) is 5.16 Å². The van der Waals surface area contributed by atoms with E-state index < -0.39 is 0 Å². The zero-order valence-electron chi connectivity index (χ0n) is 12.1. The van der Waals surface area contributed by atoms with Crippen LogP contribution in [0.25, 0.3) is 11.4 Å². The lowest BCUT2D eigenvalue weighted by atomic mass is 10.3. The van der Waals surface area contributed by atoms with Crippen LogP contribution in [-0.4, -0.2) is 63.9 Å². The average Bonchev–Trinajstić information content (AvgIpc) is 3.11. The molecule has 1 N–H and O–H groups in total. The van der Waals surface area contributed by atoms with Gasteiger partial charge in [-0.25, -0.2) is 0 Å². The molecule has 3 rings (SSSR count). The molecule has 0 unspecified atom stereocenters. The number of hydrogen-bond acceptors (Lipinski definition) is 7. The quantitative estimate of drug-likeness (QED) is 0.874. The van der Waals surface area contributed by atoms with Gasteiger partial charge >= 0.3 is 0 Å². The fourth-order valence-corrected chi connectivity index (χ4v) is 2.52. The predicted octanol–water partition coefficient (Wildman–Crippen LogP) is 0.828. The topological polar surface area (TPSA) is 78.8 Å². The lowest BCUT2D eigenvalue weighted by Crippen LogP contribution is -2.47. The van der Waals surface area contributed by atoms with Crippen LogP contribution in [0, 0.1) is 0 Å². The summed E-state index contributed by atoms with van der Waals surface area (Å²) < 4.78 is 10.3. The molecule has 0 bridgehead atoms. The second-order valence-electron chi connectivity index (χ2n) is 5.45. The van der Waals surface area contributed by atoms with Gasteiger partial charge in [-0.2, -0.15) is 4.98 Å². The molecule has 1 aliphatic heterocycles. The predicted molar refractivity (Wildman–Crippen MR) is 75.4 cm³/mol.